The van der Waals surface area contributed by atoms with Crippen LogP contribution < -0.4 is 0 Å². The summed E-state index contributed by atoms with van der Waals surface area (Å²) in [4.78, 5) is 0. The Morgan fingerprint density at radius 3 is 2.44 bits per heavy atom. The monoisotopic (exact) mass is 256 g/mol. The zero-order valence-corrected chi connectivity index (χ0v) is 11.4. The minimum absolute atomic E-state index is 0.539. The van der Waals surface area contributed by atoms with Gasteiger partial charge in [0.15, 0.2) is 0 Å². The third-order valence-electron chi connectivity index (χ3n) is 2.73. The predicted molar refractivity (Wildman–Crippen MR) is 73.5 cm³/mol. The number of halogens is 2. The van der Waals surface area contributed by atoms with Gasteiger partial charge in [-0.1, -0.05) is 55.3 Å². The van der Waals surface area contributed by atoms with Crippen molar-refractivity contribution in [3.63, 3.8) is 0 Å². The maximum Gasteiger partial charge on any atom is 0.0595 e. The van der Waals surface area contributed by atoms with Gasteiger partial charge in [0.05, 0.1) is 10.0 Å². The maximum atomic E-state index is 6.03. The summed E-state index contributed by atoms with van der Waals surface area (Å²) in [5.41, 5.74) is 1.28. The molecule has 88 valence electrons. The molecule has 0 aliphatic rings. The summed E-state index contributed by atoms with van der Waals surface area (Å²) < 4.78 is 0. The lowest BCUT2D eigenvalue weighted by molar-refractivity contribution is 0.673. The first-order valence-electron chi connectivity index (χ1n) is 5.79. The molecular formula is C14H18Cl2. The summed E-state index contributed by atoms with van der Waals surface area (Å²) in [6, 6.07) is 5.94. The summed E-state index contributed by atoms with van der Waals surface area (Å²) in [6.45, 7) is 4.35. The molecule has 0 saturated heterocycles. The van der Waals surface area contributed by atoms with E-state index >= 15 is 0 Å². The van der Waals surface area contributed by atoms with Gasteiger partial charge in [0, 0.05) is 0 Å². The average Bonchev–Trinajstić information content (AvgIpc) is 2.29. The lowest BCUT2D eigenvalue weighted by Gasteiger charge is -2.13. The van der Waals surface area contributed by atoms with Crippen molar-refractivity contribution in [2.24, 2.45) is 0 Å². The first kappa shape index (κ1) is 13.6. The third-order valence-corrected chi connectivity index (χ3v) is 3.47. The van der Waals surface area contributed by atoms with Crippen molar-refractivity contribution in [2.45, 2.75) is 39.0 Å². The van der Waals surface area contributed by atoms with Gasteiger partial charge in [0.1, 0.15) is 0 Å². The van der Waals surface area contributed by atoms with Gasteiger partial charge in [0.25, 0.3) is 0 Å². The van der Waals surface area contributed by atoms with E-state index in [2.05, 4.69) is 32.1 Å². The van der Waals surface area contributed by atoms with Crippen molar-refractivity contribution in [3.05, 3.63) is 46.0 Å². The highest BCUT2D eigenvalue weighted by molar-refractivity contribution is 6.42. The summed E-state index contributed by atoms with van der Waals surface area (Å²) in [7, 11) is 0. The van der Waals surface area contributed by atoms with Crippen molar-refractivity contribution in [2.75, 3.05) is 0 Å². The third kappa shape index (κ3) is 3.84. The number of benzene rings is 1. The molecule has 0 fully saturated rings. The molecule has 0 bridgehead atoms. The minimum Gasteiger partial charge on any atom is -0.0888 e. The minimum atomic E-state index is 0.539. The van der Waals surface area contributed by atoms with E-state index in [4.69, 9.17) is 23.2 Å². The Labute approximate surface area is 108 Å². The molecule has 0 saturated carbocycles. The van der Waals surface area contributed by atoms with Crippen LogP contribution >= 0.6 is 23.2 Å². The second kappa shape index (κ2) is 6.98. The Bertz CT molecular complexity index is 356. The average molecular weight is 257 g/mol. The van der Waals surface area contributed by atoms with E-state index in [0.29, 0.717) is 16.0 Å². The summed E-state index contributed by atoms with van der Waals surface area (Å²) in [5, 5.41) is 1.28. The zero-order valence-electron chi connectivity index (χ0n) is 9.84. The molecule has 1 rings (SSSR count). The molecular weight excluding hydrogens is 239 g/mol. The lowest BCUT2D eigenvalue weighted by Crippen LogP contribution is -1.95. The van der Waals surface area contributed by atoms with E-state index in [1.807, 2.05) is 12.1 Å². The number of hydrogen-bond acceptors (Lipinski definition) is 0. The van der Waals surface area contributed by atoms with Gasteiger partial charge in [-0.3, -0.25) is 0 Å². The van der Waals surface area contributed by atoms with Gasteiger partial charge >= 0.3 is 0 Å². The molecule has 0 heterocycles. The van der Waals surface area contributed by atoms with Crippen LogP contribution in [0.1, 0.15) is 44.6 Å². The fourth-order valence-corrected chi connectivity index (χ4v) is 2.04. The van der Waals surface area contributed by atoms with E-state index in [0.717, 1.165) is 19.3 Å². The zero-order chi connectivity index (χ0) is 12.0. The van der Waals surface area contributed by atoms with Crippen LogP contribution in [0.25, 0.3) is 0 Å². The van der Waals surface area contributed by atoms with Gasteiger partial charge in [-0.15, -0.1) is 0 Å². The van der Waals surface area contributed by atoms with E-state index in [1.54, 1.807) is 0 Å². The van der Waals surface area contributed by atoms with Crippen LogP contribution in [0.4, 0.5) is 0 Å². The van der Waals surface area contributed by atoms with Crippen molar-refractivity contribution < 1.29 is 0 Å². The van der Waals surface area contributed by atoms with Crippen molar-refractivity contribution >= 4 is 23.2 Å². The molecule has 1 aromatic rings. The Kier molecular flexibility index (Phi) is 5.94. The molecule has 0 N–H and O–H groups in total. The van der Waals surface area contributed by atoms with Gasteiger partial charge < -0.3 is 0 Å². The van der Waals surface area contributed by atoms with Gasteiger partial charge in [0.2, 0.25) is 0 Å². The first-order chi connectivity index (χ1) is 7.69. The molecule has 0 aliphatic heterocycles. The Hall–Kier alpha value is -0.460. The number of hydrogen-bond donors (Lipinski definition) is 0. The topological polar surface area (TPSA) is 0 Å². The van der Waals surface area contributed by atoms with E-state index in [9.17, 15) is 0 Å². The Morgan fingerprint density at radius 1 is 1.12 bits per heavy atom. The highest BCUT2D eigenvalue weighted by atomic mass is 35.5. The summed E-state index contributed by atoms with van der Waals surface area (Å²) in [6.07, 6.45) is 7.74. The molecule has 1 unspecified atom stereocenters. The highest BCUT2D eigenvalue weighted by Gasteiger charge is 2.09. The number of rotatable bonds is 5. The van der Waals surface area contributed by atoms with Crippen LogP contribution in [0, 0.1) is 0 Å². The molecule has 1 aromatic carbocycles. The second-order valence-corrected chi connectivity index (χ2v) is 4.71. The fourth-order valence-electron chi connectivity index (χ4n) is 1.73. The Morgan fingerprint density at radius 2 is 1.88 bits per heavy atom. The summed E-state index contributed by atoms with van der Waals surface area (Å²) >= 11 is 11.9. The number of allylic oxidation sites excluding steroid dienone is 2. The van der Waals surface area contributed by atoms with Gasteiger partial charge in [-0.25, -0.2) is 0 Å². The quantitative estimate of drug-likeness (QED) is 0.581. The van der Waals surface area contributed by atoms with E-state index in [-0.39, 0.29) is 0 Å². The van der Waals surface area contributed by atoms with Gasteiger partial charge in [-0.2, -0.15) is 0 Å². The molecule has 2 heteroatoms. The molecule has 0 spiro atoms. The van der Waals surface area contributed by atoms with Crippen molar-refractivity contribution in [1.29, 1.82) is 0 Å². The van der Waals surface area contributed by atoms with E-state index < -0.39 is 0 Å². The lowest BCUT2D eigenvalue weighted by atomic mass is 9.93. The SMILES string of the molecule is CC/C=C\CC(CC)c1ccc(Cl)c(Cl)c1. The second-order valence-electron chi connectivity index (χ2n) is 3.89. The standard InChI is InChI=1S/C14H18Cl2/c1-3-5-6-7-11(4-2)12-8-9-13(15)14(16)10-12/h5-6,8-11H,3-4,7H2,1-2H3/b6-5-. The molecule has 0 aliphatic carbocycles. The van der Waals surface area contributed by atoms with Crippen LogP contribution in [-0.4, -0.2) is 0 Å². The molecule has 0 radical (unpaired) electrons. The van der Waals surface area contributed by atoms with Crippen LogP contribution in [0.3, 0.4) is 0 Å². The van der Waals surface area contributed by atoms with E-state index in [1.165, 1.54) is 5.56 Å². The van der Waals surface area contributed by atoms with Crippen LogP contribution in [0.2, 0.25) is 10.0 Å². The predicted octanol–water partition coefficient (Wildman–Crippen LogP) is 5.84. The first-order valence-corrected chi connectivity index (χ1v) is 6.54. The fraction of sp³-hybridized carbons (Fsp3) is 0.429. The molecule has 0 nitrogen and oxygen atoms in total. The summed E-state index contributed by atoms with van der Waals surface area (Å²) in [5.74, 6) is 0.539. The van der Waals surface area contributed by atoms with Gasteiger partial charge in [-0.05, 0) is 42.9 Å². The maximum absolute atomic E-state index is 6.03. The Balaban J connectivity index is 2.78. The smallest absolute Gasteiger partial charge is 0.0595 e. The molecule has 16 heavy (non-hydrogen) atoms. The largest absolute Gasteiger partial charge is 0.0888 e. The normalized spacial score (nSPS) is 13.2. The molecule has 1 atom stereocenters. The molecule has 0 aromatic heterocycles. The van der Waals surface area contributed by atoms with Crippen molar-refractivity contribution in [3.8, 4) is 0 Å². The molecule has 0 amide bonds. The van der Waals surface area contributed by atoms with Crippen molar-refractivity contribution in [1.82, 2.24) is 0 Å². The van der Waals surface area contributed by atoms with Crippen LogP contribution in [-0.2, 0) is 0 Å². The van der Waals surface area contributed by atoms with Crippen LogP contribution in [0.5, 0.6) is 0 Å². The van der Waals surface area contributed by atoms with Crippen LogP contribution in [0.15, 0.2) is 30.4 Å². The highest BCUT2D eigenvalue weighted by Crippen LogP contribution is 2.30.